The molecular weight excluding hydrogens is 385 g/mol. The van der Waals surface area contributed by atoms with Crippen LogP contribution in [0.15, 0.2) is 64.7 Å². The number of aromatic nitrogens is 3. The number of ketones is 1. The van der Waals surface area contributed by atoms with E-state index in [0.29, 0.717) is 10.6 Å². The second-order valence-corrected chi connectivity index (χ2v) is 6.14. The predicted molar refractivity (Wildman–Crippen MR) is 89.4 cm³/mol. The fraction of sp³-hybridized carbons (Fsp3) is 0.118. The molecule has 0 radical (unpaired) electrons. The molecule has 1 N–H and O–H groups in total. The van der Waals surface area contributed by atoms with Gasteiger partial charge in [0.1, 0.15) is 18.1 Å². The van der Waals surface area contributed by atoms with Gasteiger partial charge >= 0.3 is 6.18 Å². The average Bonchev–Trinajstić information content (AvgIpc) is 3.31. The third kappa shape index (κ3) is 2.99. The number of alkyl halides is 3. The van der Waals surface area contributed by atoms with E-state index in [2.05, 4.69) is 15.4 Å². The molecule has 1 aromatic carbocycles. The van der Waals surface area contributed by atoms with Crippen molar-refractivity contribution in [1.82, 2.24) is 14.8 Å². The summed E-state index contributed by atoms with van der Waals surface area (Å²) in [6.45, 7) is 0. The van der Waals surface area contributed by atoms with Crippen LogP contribution in [0.1, 0.15) is 22.2 Å². The maximum Gasteiger partial charge on any atom is 0.431 e. The molecule has 2 aromatic heterocycles. The highest BCUT2D eigenvalue weighted by atomic mass is 35.5. The van der Waals surface area contributed by atoms with Gasteiger partial charge in [-0.2, -0.15) is 23.3 Å². The number of carbonyl (C=O) groups excluding carboxylic acids is 1. The number of nitrogens with one attached hydrogen (secondary N) is 1. The number of Topliss-reactive ketones (excluding diaryl/α,β-unsaturated/α-hetero) is 1. The van der Waals surface area contributed by atoms with Gasteiger partial charge in [0.25, 0.3) is 0 Å². The van der Waals surface area contributed by atoms with Crippen LogP contribution in [0.3, 0.4) is 0 Å². The van der Waals surface area contributed by atoms with Crippen molar-refractivity contribution in [2.75, 3.05) is 5.32 Å². The molecular formula is C17H10ClF3N4O2. The minimum atomic E-state index is -4.82. The molecule has 1 atom stereocenters. The zero-order valence-electron chi connectivity index (χ0n) is 13.4. The summed E-state index contributed by atoms with van der Waals surface area (Å²) in [5, 5.41) is 6.58. The zero-order valence-corrected chi connectivity index (χ0v) is 14.1. The molecule has 138 valence electrons. The molecule has 1 unspecified atom stereocenters. The Morgan fingerprint density at radius 3 is 2.59 bits per heavy atom. The first-order chi connectivity index (χ1) is 12.9. The van der Waals surface area contributed by atoms with Crippen molar-refractivity contribution in [3.05, 3.63) is 76.6 Å². The van der Waals surface area contributed by atoms with Crippen LogP contribution in [0.2, 0.25) is 5.02 Å². The first-order valence-electron chi connectivity index (χ1n) is 7.68. The molecule has 3 heterocycles. The number of anilines is 1. The van der Waals surface area contributed by atoms with Gasteiger partial charge in [0, 0.05) is 5.02 Å². The average molecular weight is 395 g/mol. The van der Waals surface area contributed by atoms with Crippen molar-refractivity contribution in [3.8, 4) is 0 Å². The summed E-state index contributed by atoms with van der Waals surface area (Å²) in [6, 6.07) is 7.69. The Morgan fingerprint density at radius 2 is 1.96 bits per heavy atom. The number of halogens is 4. The standard InChI is InChI=1S/C17H10ClF3N4O2/c18-10-5-3-9(4-6-10)13-12(14(26)11-2-1-7-27-11)15(17(19,20)21)24-16-22-8-23-25(13)16/h1-8,13H,(H,22,23,24). The fourth-order valence-electron chi connectivity index (χ4n) is 2.92. The van der Waals surface area contributed by atoms with Crippen LogP contribution in [-0.2, 0) is 0 Å². The lowest BCUT2D eigenvalue weighted by Gasteiger charge is -2.30. The van der Waals surface area contributed by atoms with Crippen LogP contribution in [0.25, 0.3) is 0 Å². The minimum absolute atomic E-state index is 0.127. The van der Waals surface area contributed by atoms with Gasteiger partial charge in [-0.05, 0) is 29.8 Å². The maximum absolute atomic E-state index is 13.8. The highest BCUT2D eigenvalue weighted by molar-refractivity contribution is 6.30. The highest BCUT2D eigenvalue weighted by Crippen LogP contribution is 2.42. The fourth-order valence-corrected chi connectivity index (χ4v) is 3.05. The molecule has 6 nitrogen and oxygen atoms in total. The van der Waals surface area contributed by atoms with Gasteiger partial charge in [0.15, 0.2) is 5.76 Å². The topological polar surface area (TPSA) is 73.0 Å². The Hall–Kier alpha value is -3.07. The van der Waals surface area contributed by atoms with Crippen molar-refractivity contribution in [2.24, 2.45) is 0 Å². The van der Waals surface area contributed by atoms with Crippen LogP contribution in [-0.4, -0.2) is 26.7 Å². The van der Waals surface area contributed by atoms with E-state index in [9.17, 15) is 18.0 Å². The first-order valence-corrected chi connectivity index (χ1v) is 8.05. The number of hydrogen-bond donors (Lipinski definition) is 1. The molecule has 0 spiro atoms. The van der Waals surface area contributed by atoms with Crippen LogP contribution in [0.4, 0.5) is 19.1 Å². The van der Waals surface area contributed by atoms with Gasteiger partial charge in [-0.25, -0.2) is 4.68 Å². The van der Waals surface area contributed by atoms with Crippen molar-refractivity contribution in [2.45, 2.75) is 12.2 Å². The van der Waals surface area contributed by atoms with Gasteiger partial charge in [0.05, 0.1) is 11.8 Å². The van der Waals surface area contributed by atoms with Crippen LogP contribution in [0, 0.1) is 0 Å². The summed E-state index contributed by atoms with van der Waals surface area (Å²) in [5.74, 6) is -1.24. The Morgan fingerprint density at radius 1 is 1.22 bits per heavy atom. The number of hydrogen-bond acceptors (Lipinski definition) is 5. The van der Waals surface area contributed by atoms with Gasteiger partial charge in [-0.1, -0.05) is 23.7 Å². The van der Waals surface area contributed by atoms with E-state index in [0.717, 1.165) is 6.33 Å². The molecule has 3 aromatic rings. The molecule has 1 aliphatic heterocycles. The molecule has 0 aliphatic carbocycles. The second kappa shape index (κ2) is 6.27. The molecule has 0 bridgehead atoms. The van der Waals surface area contributed by atoms with Crippen LogP contribution < -0.4 is 5.32 Å². The highest BCUT2D eigenvalue weighted by Gasteiger charge is 2.46. The molecule has 10 heteroatoms. The quantitative estimate of drug-likeness (QED) is 0.673. The normalized spacial score (nSPS) is 16.8. The van der Waals surface area contributed by atoms with E-state index < -0.39 is 29.3 Å². The van der Waals surface area contributed by atoms with E-state index in [4.69, 9.17) is 16.0 Å². The molecule has 0 saturated carbocycles. The van der Waals surface area contributed by atoms with Gasteiger partial charge in [0.2, 0.25) is 11.7 Å². The largest absolute Gasteiger partial charge is 0.461 e. The van der Waals surface area contributed by atoms with Gasteiger partial charge < -0.3 is 9.73 Å². The van der Waals surface area contributed by atoms with E-state index in [1.54, 1.807) is 0 Å². The predicted octanol–water partition coefficient (Wildman–Crippen LogP) is 4.24. The van der Waals surface area contributed by atoms with Crippen LogP contribution >= 0.6 is 11.6 Å². The Kier molecular flexibility index (Phi) is 4.03. The summed E-state index contributed by atoms with van der Waals surface area (Å²) >= 11 is 5.89. The SMILES string of the molecule is O=C(C1=C(C(F)(F)F)Nc2ncnn2C1c1ccc(Cl)cc1)c1ccco1. The number of fused-ring (bicyclic) bond motifs is 1. The van der Waals surface area contributed by atoms with Gasteiger partial charge in [-0.3, -0.25) is 4.79 Å². The molecule has 1 aliphatic rings. The lowest BCUT2D eigenvalue weighted by molar-refractivity contribution is -0.0918. The lowest BCUT2D eigenvalue weighted by Crippen LogP contribution is -2.35. The Labute approximate surface area is 155 Å². The second-order valence-electron chi connectivity index (χ2n) is 5.70. The number of benzene rings is 1. The van der Waals surface area contributed by atoms with Crippen molar-refractivity contribution < 1.29 is 22.4 Å². The Balaban J connectivity index is 1.97. The van der Waals surface area contributed by atoms with E-state index in [1.165, 1.54) is 47.3 Å². The number of carbonyl (C=O) groups is 1. The minimum Gasteiger partial charge on any atom is -0.461 e. The molecule has 27 heavy (non-hydrogen) atoms. The third-order valence-corrected chi connectivity index (χ3v) is 4.31. The number of furan rings is 1. The molecule has 0 amide bonds. The summed E-state index contributed by atoms with van der Waals surface area (Å²) < 4.78 is 47.5. The van der Waals surface area contributed by atoms with Crippen molar-refractivity contribution in [3.63, 3.8) is 0 Å². The van der Waals surface area contributed by atoms with Gasteiger partial charge in [-0.15, -0.1) is 0 Å². The molecule has 4 rings (SSSR count). The number of rotatable bonds is 3. The van der Waals surface area contributed by atoms with Crippen molar-refractivity contribution in [1.29, 1.82) is 0 Å². The summed E-state index contributed by atoms with van der Waals surface area (Å²) in [6.07, 6.45) is -2.49. The smallest absolute Gasteiger partial charge is 0.431 e. The monoisotopic (exact) mass is 394 g/mol. The third-order valence-electron chi connectivity index (χ3n) is 4.06. The maximum atomic E-state index is 13.8. The van der Waals surface area contributed by atoms with Crippen LogP contribution in [0.5, 0.6) is 0 Å². The lowest BCUT2D eigenvalue weighted by atomic mass is 9.91. The van der Waals surface area contributed by atoms with E-state index >= 15 is 0 Å². The first kappa shape index (κ1) is 17.3. The molecule has 0 fully saturated rings. The van der Waals surface area contributed by atoms with E-state index in [1.807, 2.05) is 0 Å². The number of allylic oxidation sites excluding steroid dienone is 2. The van der Waals surface area contributed by atoms with Crippen molar-refractivity contribution >= 4 is 23.3 Å². The Bertz CT molecular complexity index is 1020. The summed E-state index contributed by atoms with van der Waals surface area (Å²) in [7, 11) is 0. The zero-order chi connectivity index (χ0) is 19.2. The summed E-state index contributed by atoms with van der Waals surface area (Å²) in [5.41, 5.74) is -1.36. The summed E-state index contributed by atoms with van der Waals surface area (Å²) in [4.78, 5) is 16.7. The number of nitrogens with zero attached hydrogens (tertiary/aromatic N) is 3. The molecule has 0 saturated heterocycles. The van der Waals surface area contributed by atoms with E-state index in [-0.39, 0.29) is 11.7 Å².